The molecule has 5 atom stereocenters. The van der Waals surface area contributed by atoms with Crippen LogP contribution in [-0.4, -0.2) is 103 Å². The highest BCUT2D eigenvalue weighted by atomic mass is 32.1. The molecule has 14 nitrogen and oxygen atoms in total. The molecule has 3 N–H and O–H groups in total. The fourth-order valence-corrected chi connectivity index (χ4v) is 10.8. The fraction of sp³-hybridized carbons (Fsp3) is 0.373. The van der Waals surface area contributed by atoms with Crippen molar-refractivity contribution in [3.05, 3.63) is 128 Å². The van der Waals surface area contributed by atoms with Gasteiger partial charge in [-0.2, -0.15) is 0 Å². The lowest BCUT2D eigenvalue weighted by Crippen LogP contribution is -2.57. The van der Waals surface area contributed by atoms with Crippen LogP contribution in [0.1, 0.15) is 107 Å². The Hall–Kier alpha value is -6.43. The van der Waals surface area contributed by atoms with Gasteiger partial charge in [-0.1, -0.05) is 75.4 Å². The number of aliphatic hydroxyl groups is 1. The van der Waals surface area contributed by atoms with Crippen molar-refractivity contribution in [3.8, 4) is 26.6 Å². The molecule has 6 aromatic rings. The Morgan fingerprint density at radius 1 is 0.926 bits per heavy atom. The number of carbonyl (C=O) groups is 4. The number of aromatic nitrogens is 4. The van der Waals surface area contributed by atoms with E-state index in [0.717, 1.165) is 54.3 Å². The zero-order chi connectivity index (χ0) is 48.9. The third kappa shape index (κ3) is 9.38. The quantitative estimate of drug-likeness (QED) is 0.118. The molecular formula is C51H56FN9O5S2. The van der Waals surface area contributed by atoms with E-state index < -0.39 is 59.2 Å². The van der Waals surface area contributed by atoms with Gasteiger partial charge in [-0.25, -0.2) is 9.37 Å². The van der Waals surface area contributed by atoms with Gasteiger partial charge in [-0.15, -0.1) is 32.9 Å². The van der Waals surface area contributed by atoms with Crippen molar-refractivity contribution >= 4 is 52.0 Å². The number of hydrogen-bond donors (Lipinski definition) is 3. The Balaban J connectivity index is 0.986. The summed E-state index contributed by atoms with van der Waals surface area (Å²) in [6.07, 6.45) is -0.807. The maximum Gasteiger partial charge on any atom is 0.252 e. The molecule has 4 amide bonds. The first kappa shape index (κ1) is 48.0. The van der Waals surface area contributed by atoms with Crippen molar-refractivity contribution in [2.24, 2.45) is 10.4 Å². The van der Waals surface area contributed by atoms with Crippen LogP contribution in [0, 0.1) is 38.9 Å². The van der Waals surface area contributed by atoms with Crippen molar-refractivity contribution in [2.45, 2.75) is 98.5 Å². The second kappa shape index (κ2) is 18.9. The summed E-state index contributed by atoms with van der Waals surface area (Å²) in [5, 5.41) is 26.4. The van der Waals surface area contributed by atoms with E-state index in [4.69, 9.17) is 4.99 Å². The molecule has 0 bridgehead atoms. The molecule has 0 radical (unpaired) electrons. The van der Waals surface area contributed by atoms with E-state index in [1.54, 1.807) is 75.2 Å². The lowest BCUT2D eigenvalue weighted by molar-refractivity contribution is -0.142. The molecule has 354 valence electrons. The molecule has 17 heteroatoms. The van der Waals surface area contributed by atoms with E-state index in [2.05, 4.69) is 32.7 Å². The number of halogens is 1. The molecule has 0 saturated carbocycles. The number of nitrogens with zero attached hydrogens (tertiary/aromatic N) is 7. The summed E-state index contributed by atoms with van der Waals surface area (Å²) in [5.74, 6) is -1.07. The average molecular weight is 958 g/mol. The molecular weight excluding hydrogens is 902 g/mol. The molecule has 0 aliphatic carbocycles. The molecule has 5 heterocycles. The highest BCUT2D eigenvalue weighted by molar-refractivity contribution is 7.15. The van der Waals surface area contributed by atoms with Gasteiger partial charge in [-0.05, 0) is 74.4 Å². The summed E-state index contributed by atoms with van der Waals surface area (Å²) < 4.78 is 18.1. The number of hydrogen-bond acceptors (Lipinski definition) is 11. The lowest BCUT2D eigenvalue weighted by atomic mass is 9.85. The summed E-state index contributed by atoms with van der Waals surface area (Å²) in [5.41, 5.74) is 8.11. The van der Waals surface area contributed by atoms with Crippen molar-refractivity contribution < 1.29 is 28.7 Å². The summed E-state index contributed by atoms with van der Waals surface area (Å²) >= 11 is 3.17. The van der Waals surface area contributed by atoms with Crippen molar-refractivity contribution in [3.63, 3.8) is 0 Å². The number of aliphatic hydroxyl groups excluding tert-OH is 1. The van der Waals surface area contributed by atoms with Gasteiger partial charge in [0.2, 0.25) is 17.7 Å². The maximum absolute atomic E-state index is 16.1. The molecule has 1 saturated heterocycles. The number of nitrogens with one attached hydrogen (secondary N) is 2. The number of rotatable bonds is 11. The predicted molar refractivity (Wildman–Crippen MR) is 263 cm³/mol. The third-order valence-corrected chi connectivity index (χ3v) is 15.0. The number of thiophene rings is 1. The van der Waals surface area contributed by atoms with Crippen LogP contribution in [0.15, 0.2) is 77.2 Å². The normalized spacial score (nSPS) is 17.7. The van der Waals surface area contributed by atoms with Gasteiger partial charge in [0.1, 0.15) is 34.8 Å². The van der Waals surface area contributed by atoms with E-state index in [9.17, 15) is 24.3 Å². The van der Waals surface area contributed by atoms with Gasteiger partial charge in [0.15, 0.2) is 5.82 Å². The van der Waals surface area contributed by atoms with Crippen LogP contribution in [0.5, 0.6) is 0 Å². The third-order valence-electron chi connectivity index (χ3n) is 12.8. The second-order valence-electron chi connectivity index (χ2n) is 18.9. The summed E-state index contributed by atoms with van der Waals surface area (Å²) in [6.45, 7) is 15.1. The number of β-amino-alcohol motifs (C(OH)–C–C–N with tert-alkyl or cyclic N) is 1. The molecule has 1 unspecified atom stereocenters. The van der Waals surface area contributed by atoms with Gasteiger partial charge in [0, 0.05) is 54.2 Å². The lowest BCUT2D eigenvalue weighted by Gasteiger charge is -2.35. The van der Waals surface area contributed by atoms with Crippen molar-refractivity contribution in [1.29, 1.82) is 0 Å². The minimum Gasteiger partial charge on any atom is -0.391 e. The zero-order valence-electron chi connectivity index (χ0n) is 39.8. The Morgan fingerprint density at radius 3 is 2.24 bits per heavy atom. The number of aliphatic imine (C=N–C) groups is 1. The zero-order valence-corrected chi connectivity index (χ0v) is 41.5. The van der Waals surface area contributed by atoms with Gasteiger partial charge in [-0.3, -0.25) is 28.7 Å². The molecule has 2 aliphatic heterocycles. The van der Waals surface area contributed by atoms with Crippen LogP contribution in [0.4, 0.5) is 4.39 Å². The van der Waals surface area contributed by atoms with Crippen LogP contribution in [-0.2, 0) is 14.4 Å². The van der Waals surface area contributed by atoms with Crippen molar-refractivity contribution in [2.75, 3.05) is 20.6 Å². The number of carbonyl (C=O) groups excluding carboxylic acids is 4. The molecule has 3 aromatic heterocycles. The van der Waals surface area contributed by atoms with Crippen LogP contribution in [0.25, 0.3) is 26.6 Å². The van der Waals surface area contributed by atoms with E-state index in [-0.39, 0.29) is 36.4 Å². The second-order valence-corrected chi connectivity index (χ2v) is 21.0. The minimum atomic E-state index is -1.12. The monoisotopic (exact) mass is 957 g/mol. The highest BCUT2D eigenvalue weighted by Gasteiger charge is 2.45. The molecule has 68 heavy (non-hydrogen) atoms. The van der Waals surface area contributed by atoms with E-state index in [1.807, 2.05) is 68.7 Å². The largest absolute Gasteiger partial charge is 0.391 e. The summed E-state index contributed by atoms with van der Waals surface area (Å²) in [7, 11) is 3.42. The highest BCUT2D eigenvalue weighted by Crippen LogP contribution is 2.40. The number of thiazole rings is 1. The number of fused-ring (bicyclic) bond motifs is 3. The maximum atomic E-state index is 16.1. The van der Waals surface area contributed by atoms with Gasteiger partial charge in [0.05, 0.1) is 40.4 Å². The van der Waals surface area contributed by atoms with E-state index >= 15 is 4.39 Å². The Kier molecular flexibility index (Phi) is 13.4. The Bertz CT molecular complexity index is 2950. The number of aryl methyl sites for hydroxylation is 3. The molecule has 0 spiro atoms. The summed E-state index contributed by atoms with van der Waals surface area (Å²) in [6, 6.07) is 16.3. The average Bonchev–Trinajstić information content (AvgIpc) is 4.07. The smallest absolute Gasteiger partial charge is 0.252 e. The van der Waals surface area contributed by atoms with Crippen LogP contribution in [0.2, 0.25) is 0 Å². The molecule has 3 aromatic carbocycles. The molecule has 2 aliphatic rings. The molecule has 8 rings (SSSR count). The Morgan fingerprint density at radius 2 is 1.60 bits per heavy atom. The Labute approximate surface area is 403 Å². The first-order valence-electron chi connectivity index (χ1n) is 22.5. The van der Waals surface area contributed by atoms with Gasteiger partial charge >= 0.3 is 0 Å². The van der Waals surface area contributed by atoms with E-state index in [0.29, 0.717) is 22.9 Å². The van der Waals surface area contributed by atoms with Gasteiger partial charge < -0.3 is 25.5 Å². The number of amides is 4. The molecule has 1 fully saturated rings. The first-order chi connectivity index (χ1) is 32.2. The standard InChI is InChI=1S/C51H56FN9O5S2/c1-26-29(4)68-50-42(26)43(55-39(23-41(63)59(9)10)46-58-57-30(5)61(46)50)33-15-13-32(14-16-33)37-20-19-35(21-38(37)52)47(64)56-45(51(6,7)8)49(66)60-24-36(62)22-40(60)48(65)54-27(2)31-11-17-34(18-12-31)44-28(3)53-25-67-44/h11-21,25,27,36,39-40,45,62H,22-24H2,1-10H3,(H,54,65)(H,56,64)/t27-,36+,39-,40-,45?/m0/s1. The number of likely N-dealkylation sites (tertiary alicyclic amines) is 1. The van der Waals surface area contributed by atoms with E-state index in [1.165, 1.54) is 21.9 Å². The topological polar surface area (TPSA) is 175 Å². The van der Waals surface area contributed by atoms with Crippen LogP contribution >= 0.6 is 22.7 Å². The fourth-order valence-electron chi connectivity index (χ4n) is 8.80. The van der Waals surface area contributed by atoms with Gasteiger partial charge in [0.25, 0.3) is 5.91 Å². The van der Waals surface area contributed by atoms with Crippen LogP contribution < -0.4 is 10.6 Å². The SMILES string of the molecule is Cc1ncsc1-c1ccc([C@H](C)NC(=O)[C@@H]2C[C@@H](O)CN2C(=O)C(NC(=O)c2ccc(-c3ccc(C4=N[C@@H](CC(=O)N(C)C)c5nnc(C)n5-c5sc(C)c(C)c54)cc3)c(F)c2)C(C)(C)C)cc1. The van der Waals surface area contributed by atoms with Crippen molar-refractivity contribution in [1.82, 2.24) is 40.2 Å². The van der Waals surface area contributed by atoms with Crippen LogP contribution in [0.3, 0.4) is 0 Å². The predicted octanol–water partition coefficient (Wildman–Crippen LogP) is 7.85. The number of benzene rings is 3. The summed E-state index contributed by atoms with van der Waals surface area (Å²) in [4.78, 5) is 69.7. The minimum absolute atomic E-state index is 0.00951. The first-order valence-corrected chi connectivity index (χ1v) is 24.2.